The van der Waals surface area contributed by atoms with Gasteiger partial charge in [-0.1, -0.05) is 51.4 Å². The largest absolute Gasteiger partial charge is 0.393 e. The monoisotopic (exact) mass is 296 g/mol. The Morgan fingerprint density at radius 2 is 1.43 bits per heavy atom. The van der Waals surface area contributed by atoms with Crippen molar-refractivity contribution in [2.75, 3.05) is 6.61 Å². The fraction of sp³-hybridized carbons (Fsp3) is 1.00. The minimum absolute atomic E-state index is 0.0996. The summed E-state index contributed by atoms with van der Waals surface area (Å²) in [7, 11) is 0. The van der Waals surface area contributed by atoms with Crippen LogP contribution < -0.4 is 0 Å². The minimum atomic E-state index is -0.0996. The van der Waals surface area contributed by atoms with Crippen molar-refractivity contribution in [3.05, 3.63) is 0 Å². The highest BCUT2D eigenvalue weighted by atomic mass is 16.5. The molecule has 2 nitrogen and oxygen atoms in total. The van der Waals surface area contributed by atoms with Gasteiger partial charge in [-0.25, -0.2) is 0 Å². The molecule has 2 bridgehead atoms. The van der Waals surface area contributed by atoms with Crippen molar-refractivity contribution in [2.24, 2.45) is 11.8 Å². The maximum Gasteiger partial charge on any atom is 0.0604 e. The first-order chi connectivity index (χ1) is 10.3. The SMILES string of the molecule is CCOC1CCC(O)CC2CCCCCC1CCCCC2. The van der Waals surface area contributed by atoms with Crippen molar-refractivity contribution >= 4 is 0 Å². The third-order valence-electron chi connectivity index (χ3n) is 5.67. The van der Waals surface area contributed by atoms with Crippen LogP contribution in [0.5, 0.6) is 0 Å². The second-order valence-electron chi connectivity index (χ2n) is 7.36. The second-order valence-corrected chi connectivity index (χ2v) is 7.36. The van der Waals surface area contributed by atoms with Crippen LogP contribution in [0.2, 0.25) is 0 Å². The van der Waals surface area contributed by atoms with E-state index in [-0.39, 0.29) is 6.10 Å². The summed E-state index contributed by atoms with van der Waals surface area (Å²) in [5.74, 6) is 1.49. The summed E-state index contributed by atoms with van der Waals surface area (Å²) in [5, 5.41) is 10.4. The average Bonchev–Trinajstić information content (AvgIpc) is 2.45. The summed E-state index contributed by atoms with van der Waals surface area (Å²) in [6.45, 7) is 2.93. The maximum absolute atomic E-state index is 10.4. The Morgan fingerprint density at radius 3 is 2.05 bits per heavy atom. The molecule has 0 radical (unpaired) electrons. The molecule has 0 saturated heterocycles. The van der Waals surface area contributed by atoms with E-state index in [2.05, 4.69) is 6.92 Å². The third-order valence-corrected chi connectivity index (χ3v) is 5.67. The van der Waals surface area contributed by atoms with Crippen molar-refractivity contribution in [2.45, 2.75) is 103 Å². The van der Waals surface area contributed by atoms with E-state index in [1.54, 1.807) is 0 Å². The lowest BCUT2D eigenvalue weighted by Gasteiger charge is -2.30. The van der Waals surface area contributed by atoms with Gasteiger partial charge in [-0.05, 0) is 50.9 Å². The predicted molar refractivity (Wildman–Crippen MR) is 88.4 cm³/mol. The van der Waals surface area contributed by atoms with E-state index in [1.165, 1.54) is 64.2 Å². The highest BCUT2D eigenvalue weighted by Gasteiger charge is 2.25. The van der Waals surface area contributed by atoms with E-state index >= 15 is 0 Å². The van der Waals surface area contributed by atoms with Gasteiger partial charge in [-0.2, -0.15) is 0 Å². The van der Waals surface area contributed by atoms with Gasteiger partial charge in [0.05, 0.1) is 12.2 Å². The first-order valence-electron chi connectivity index (χ1n) is 9.59. The molecule has 0 aliphatic heterocycles. The molecule has 0 spiro atoms. The van der Waals surface area contributed by atoms with E-state index in [1.807, 2.05) is 0 Å². The summed E-state index contributed by atoms with van der Waals surface area (Å²) in [4.78, 5) is 0. The van der Waals surface area contributed by atoms with Gasteiger partial charge in [0.2, 0.25) is 0 Å². The molecule has 3 aliphatic carbocycles. The summed E-state index contributed by atoms with van der Waals surface area (Å²) in [5.41, 5.74) is 0. The van der Waals surface area contributed by atoms with Crippen LogP contribution >= 0.6 is 0 Å². The van der Waals surface area contributed by atoms with Crippen LogP contribution in [0.1, 0.15) is 90.4 Å². The van der Waals surface area contributed by atoms with Crippen LogP contribution in [0.3, 0.4) is 0 Å². The number of aliphatic hydroxyl groups excluding tert-OH is 1. The molecular formula is C19H36O2. The molecule has 2 heteroatoms. The molecule has 3 saturated carbocycles. The number of hydrogen-bond acceptors (Lipinski definition) is 2. The molecule has 3 fully saturated rings. The molecule has 1 N–H and O–H groups in total. The zero-order chi connectivity index (χ0) is 14.9. The molecule has 0 aromatic heterocycles. The Hall–Kier alpha value is -0.0800. The van der Waals surface area contributed by atoms with Gasteiger partial charge < -0.3 is 9.84 Å². The van der Waals surface area contributed by atoms with Crippen LogP contribution in [-0.2, 0) is 4.74 Å². The van der Waals surface area contributed by atoms with Crippen molar-refractivity contribution in [1.82, 2.24) is 0 Å². The molecule has 3 rings (SSSR count). The summed E-state index contributed by atoms with van der Waals surface area (Å²) in [6.07, 6.45) is 16.9. The van der Waals surface area contributed by atoms with Crippen molar-refractivity contribution in [1.29, 1.82) is 0 Å². The zero-order valence-electron chi connectivity index (χ0n) is 14.1. The smallest absolute Gasteiger partial charge is 0.0604 e. The number of ether oxygens (including phenoxy) is 1. The predicted octanol–water partition coefficient (Wildman–Crippen LogP) is 5.08. The first kappa shape index (κ1) is 17.3. The Bertz CT molecular complexity index is 252. The van der Waals surface area contributed by atoms with Gasteiger partial charge >= 0.3 is 0 Å². The molecular weight excluding hydrogens is 260 g/mol. The van der Waals surface area contributed by atoms with Crippen LogP contribution in [0, 0.1) is 11.8 Å². The lowest BCUT2D eigenvalue weighted by atomic mass is 9.82. The van der Waals surface area contributed by atoms with Crippen molar-refractivity contribution in [3.63, 3.8) is 0 Å². The lowest BCUT2D eigenvalue weighted by Crippen LogP contribution is -2.27. The quantitative estimate of drug-likeness (QED) is 0.769. The molecule has 2 unspecified atom stereocenters. The van der Waals surface area contributed by atoms with E-state index in [0.29, 0.717) is 6.10 Å². The van der Waals surface area contributed by atoms with Crippen LogP contribution in [0.25, 0.3) is 0 Å². The summed E-state index contributed by atoms with van der Waals surface area (Å²) in [6, 6.07) is 0. The molecule has 21 heavy (non-hydrogen) atoms. The van der Waals surface area contributed by atoms with Crippen LogP contribution in [0.15, 0.2) is 0 Å². The number of hydrogen-bond donors (Lipinski definition) is 1. The zero-order valence-corrected chi connectivity index (χ0v) is 14.1. The Kier molecular flexibility index (Phi) is 8.10. The fourth-order valence-electron chi connectivity index (χ4n) is 4.46. The molecule has 0 aromatic rings. The molecule has 3 aliphatic rings. The Morgan fingerprint density at radius 1 is 0.810 bits per heavy atom. The second kappa shape index (κ2) is 9.84. The molecule has 0 heterocycles. The van der Waals surface area contributed by atoms with Crippen LogP contribution in [-0.4, -0.2) is 23.9 Å². The first-order valence-corrected chi connectivity index (χ1v) is 9.59. The maximum atomic E-state index is 10.4. The average molecular weight is 296 g/mol. The third kappa shape index (κ3) is 6.28. The highest BCUT2D eigenvalue weighted by molar-refractivity contribution is 4.77. The van der Waals surface area contributed by atoms with Gasteiger partial charge in [0.1, 0.15) is 0 Å². The van der Waals surface area contributed by atoms with Gasteiger partial charge in [0.15, 0.2) is 0 Å². The van der Waals surface area contributed by atoms with Crippen LogP contribution in [0.4, 0.5) is 0 Å². The van der Waals surface area contributed by atoms with Crippen molar-refractivity contribution < 1.29 is 9.84 Å². The Labute approximate surface area is 131 Å². The Balaban J connectivity index is 2.06. The number of rotatable bonds is 2. The standard InChI is InChI=1S/C19H36O2/c1-2-21-19-14-13-18(20)15-16-9-5-3-7-11-17(19)12-8-4-6-10-16/h16-20H,2-15H2,1H3. The molecule has 2 atom stereocenters. The van der Waals surface area contributed by atoms with Crippen molar-refractivity contribution in [3.8, 4) is 0 Å². The van der Waals surface area contributed by atoms with Gasteiger partial charge in [-0.3, -0.25) is 0 Å². The van der Waals surface area contributed by atoms with Gasteiger partial charge in [0.25, 0.3) is 0 Å². The molecule has 124 valence electrons. The number of fused-ring (bicyclic) bond motifs is 12. The van der Waals surface area contributed by atoms with E-state index in [9.17, 15) is 5.11 Å². The normalized spacial score (nSPS) is 36.9. The van der Waals surface area contributed by atoms with Gasteiger partial charge in [0, 0.05) is 6.61 Å². The number of aliphatic hydroxyl groups is 1. The minimum Gasteiger partial charge on any atom is -0.393 e. The summed E-state index contributed by atoms with van der Waals surface area (Å²) >= 11 is 0. The van der Waals surface area contributed by atoms with E-state index < -0.39 is 0 Å². The van der Waals surface area contributed by atoms with E-state index in [4.69, 9.17) is 4.74 Å². The fourth-order valence-corrected chi connectivity index (χ4v) is 4.46. The molecule has 0 aromatic carbocycles. The highest BCUT2D eigenvalue weighted by Crippen LogP contribution is 2.32. The topological polar surface area (TPSA) is 29.5 Å². The summed E-state index contributed by atoms with van der Waals surface area (Å²) < 4.78 is 6.08. The lowest BCUT2D eigenvalue weighted by molar-refractivity contribution is -0.00644. The van der Waals surface area contributed by atoms with Gasteiger partial charge in [-0.15, -0.1) is 0 Å². The van der Waals surface area contributed by atoms with E-state index in [0.717, 1.165) is 37.7 Å². The molecule has 0 amide bonds.